The van der Waals surface area contributed by atoms with Gasteiger partial charge in [-0.05, 0) is 40.9 Å². The highest BCUT2D eigenvalue weighted by atomic mass is 79.9. The van der Waals surface area contributed by atoms with Crippen LogP contribution in [0.25, 0.3) is 0 Å². The SMILES string of the molecule is O=C(O)COc1c(Br)cc(Br)cc1C1C2=C(CCCC2=O)OC2=C1C(=O)CCC2. The second-order valence-corrected chi connectivity index (χ2v) is 9.02. The molecule has 1 N–H and O–H groups in total. The summed E-state index contributed by atoms with van der Waals surface area (Å²) in [5.74, 6) is -0.243. The number of benzene rings is 1. The second kappa shape index (κ2) is 8.07. The largest absolute Gasteiger partial charge is 0.480 e. The lowest BCUT2D eigenvalue weighted by molar-refractivity contribution is -0.139. The molecule has 0 radical (unpaired) electrons. The minimum absolute atomic E-state index is 0.0403. The highest BCUT2D eigenvalue weighted by Crippen LogP contribution is 2.51. The lowest BCUT2D eigenvalue weighted by atomic mass is 9.73. The molecule has 0 atom stereocenters. The molecule has 0 amide bonds. The van der Waals surface area contributed by atoms with Gasteiger partial charge in [0.1, 0.15) is 17.3 Å². The van der Waals surface area contributed by atoms with Crippen LogP contribution >= 0.6 is 31.9 Å². The number of carboxylic acid groups (broad SMARTS) is 1. The minimum atomic E-state index is -1.11. The zero-order chi connectivity index (χ0) is 20.7. The van der Waals surface area contributed by atoms with Gasteiger partial charge in [-0.1, -0.05) is 15.9 Å². The Kier molecular flexibility index (Phi) is 5.66. The number of hydrogen-bond acceptors (Lipinski definition) is 5. The Morgan fingerprint density at radius 1 is 1.03 bits per heavy atom. The first-order valence-electron chi connectivity index (χ1n) is 9.40. The Morgan fingerprint density at radius 2 is 1.62 bits per heavy atom. The summed E-state index contributed by atoms with van der Waals surface area (Å²) in [4.78, 5) is 36.9. The molecule has 6 nitrogen and oxygen atoms in total. The van der Waals surface area contributed by atoms with Gasteiger partial charge in [-0.25, -0.2) is 4.79 Å². The summed E-state index contributed by atoms with van der Waals surface area (Å²) in [6.45, 7) is -0.532. The monoisotopic (exact) mass is 524 g/mol. The molecule has 152 valence electrons. The zero-order valence-electron chi connectivity index (χ0n) is 15.4. The molecule has 0 bridgehead atoms. The average molecular weight is 526 g/mol. The van der Waals surface area contributed by atoms with E-state index in [1.165, 1.54) is 0 Å². The number of aliphatic carboxylic acids is 1. The van der Waals surface area contributed by atoms with Crippen LogP contribution in [0.5, 0.6) is 5.75 Å². The van der Waals surface area contributed by atoms with Crippen molar-refractivity contribution in [1.29, 1.82) is 0 Å². The summed E-state index contributed by atoms with van der Waals surface area (Å²) in [5.41, 5.74) is 1.58. The predicted octanol–water partition coefficient (Wildman–Crippen LogP) is 4.80. The van der Waals surface area contributed by atoms with Crippen molar-refractivity contribution in [3.8, 4) is 5.75 Å². The molecule has 1 aromatic rings. The Morgan fingerprint density at radius 3 is 2.17 bits per heavy atom. The molecule has 0 aromatic heterocycles. The number of carbonyl (C=O) groups excluding carboxylic acids is 2. The van der Waals surface area contributed by atoms with Crippen LogP contribution in [0.4, 0.5) is 0 Å². The number of allylic oxidation sites excluding steroid dienone is 4. The molecular weight excluding hydrogens is 508 g/mol. The fourth-order valence-corrected chi connectivity index (χ4v) is 5.58. The number of ketones is 2. The summed E-state index contributed by atoms with van der Waals surface area (Å²) >= 11 is 6.90. The van der Waals surface area contributed by atoms with Gasteiger partial charge < -0.3 is 14.6 Å². The van der Waals surface area contributed by atoms with Gasteiger partial charge in [-0.2, -0.15) is 0 Å². The minimum Gasteiger partial charge on any atom is -0.480 e. The standard InChI is InChI=1S/C21H18Br2O6/c22-10-7-11(21(12(23)8-10)28-9-17(26)27)18-19-13(24)3-1-5-15(19)29-16-6-2-4-14(25)20(16)18/h7-8,18H,1-6,9H2,(H,26,27). The van der Waals surface area contributed by atoms with Crippen LogP contribution in [-0.2, 0) is 19.1 Å². The predicted molar refractivity (Wildman–Crippen MR) is 111 cm³/mol. The summed E-state index contributed by atoms with van der Waals surface area (Å²) in [6.07, 6.45) is 3.51. The van der Waals surface area contributed by atoms with Crippen molar-refractivity contribution < 1.29 is 29.0 Å². The van der Waals surface area contributed by atoms with E-state index in [1.54, 1.807) is 12.1 Å². The van der Waals surface area contributed by atoms with E-state index in [4.69, 9.17) is 14.6 Å². The highest BCUT2D eigenvalue weighted by molar-refractivity contribution is 9.11. The van der Waals surface area contributed by atoms with Gasteiger partial charge in [-0.15, -0.1) is 0 Å². The quantitative estimate of drug-likeness (QED) is 0.607. The number of Topliss-reactive ketones (excluding diaryl/α,β-unsaturated/α-hetero) is 2. The van der Waals surface area contributed by atoms with Crippen LogP contribution < -0.4 is 4.74 Å². The van der Waals surface area contributed by atoms with Crippen LogP contribution in [0, 0.1) is 0 Å². The smallest absolute Gasteiger partial charge is 0.341 e. The van der Waals surface area contributed by atoms with Gasteiger partial charge in [-0.3, -0.25) is 9.59 Å². The van der Waals surface area contributed by atoms with E-state index in [0.29, 0.717) is 77.0 Å². The van der Waals surface area contributed by atoms with Gasteiger partial charge in [0.25, 0.3) is 0 Å². The number of halogens is 2. The molecule has 1 aliphatic heterocycles. The van der Waals surface area contributed by atoms with Crippen molar-refractivity contribution in [1.82, 2.24) is 0 Å². The van der Waals surface area contributed by atoms with Crippen LogP contribution in [0.15, 0.2) is 43.7 Å². The number of carboxylic acids is 1. The maximum absolute atomic E-state index is 12.9. The molecule has 0 saturated heterocycles. The van der Waals surface area contributed by atoms with E-state index in [2.05, 4.69) is 31.9 Å². The maximum atomic E-state index is 12.9. The molecule has 0 fully saturated rings. The third-order valence-corrected chi connectivity index (χ3v) is 6.38. The molecule has 0 saturated carbocycles. The Labute approximate surface area is 184 Å². The van der Waals surface area contributed by atoms with E-state index in [-0.39, 0.29) is 11.6 Å². The summed E-state index contributed by atoms with van der Waals surface area (Å²) < 4.78 is 12.9. The Hall–Kier alpha value is -1.93. The molecule has 1 aromatic carbocycles. The maximum Gasteiger partial charge on any atom is 0.341 e. The molecule has 0 unspecified atom stereocenters. The van der Waals surface area contributed by atoms with Gasteiger partial charge >= 0.3 is 5.97 Å². The van der Waals surface area contributed by atoms with Crippen molar-refractivity contribution in [2.75, 3.05) is 6.61 Å². The lowest BCUT2D eigenvalue weighted by Gasteiger charge is -2.36. The third-order valence-electron chi connectivity index (χ3n) is 5.33. The molecule has 1 heterocycles. The van der Waals surface area contributed by atoms with Crippen LogP contribution in [0.3, 0.4) is 0 Å². The number of rotatable bonds is 4. The first kappa shape index (κ1) is 20.3. The molecule has 3 aliphatic rings. The van der Waals surface area contributed by atoms with Crippen molar-refractivity contribution in [3.63, 3.8) is 0 Å². The fraction of sp³-hybridized carbons (Fsp3) is 0.381. The second-order valence-electron chi connectivity index (χ2n) is 7.25. The van der Waals surface area contributed by atoms with Crippen LogP contribution in [0.1, 0.15) is 50.0 Å². The zero-order valence-corrected chi connectivity index (χ0v) is 18.6. The lowest BCUT2D eigenvalue weighted by Crippen LogP contribution is -2.30. The molecule has 0 spiro atoms. The Bertz CT molecular complexity index is 949. The van der Waals surface area contributed by atoms with E-state index in [9.17, 15) is 14.4 Å². The van der Waals surface area contributed by atoms with Gasteiger partial charge in [0, 0.05) is 46.9 Å². The topological polar surface area (TPSA) is 89.9 Å². The van der Waals surface area contributed by atoms with Crippen molar-refractivity contribution in [2.24, 2.45) is 0 Å². The van der Waals surface area contributed by atoms with E-state index in [1.807, 2.05) is 0 Å². The molecule has 2 aliphatic carbocycles. The van der Waals surface area contributed by atoms with Crippen molar-refractivity contribution in [2.45, 2.75) is 44.4 Å². The summed E-state index contributed by atoms with van der Waals surface area (Å²) in [5, 5.41) is 9.08. The van der Waals surface area contributed by atoms with Crippen molar-refractivity contribution >= 4 is 49.4 Å². The molecule has 8 heteroatoms. The summed E-state index contributed by atoms with van der Waals surface area (Å²) in [7, 11) is 0. The number of carbonyl (C=O) groups is 3. The fourth-order valence-electron chi connectivity index (χ4n) is 4.21. The molecule has 4 rings (SSSR count). The highest BCUT2D eigenvalue weighted by Gasteiger charge is 2.43. The normalized spacial score (nSPS) is 19.7. The van der Waals surface area contributed by atoms with E-state index >= 15 is 0 Å². The van der Waals surface area contributed by atoms with Gasteiger partial charge in [0.05, 0.1) is 10.4 Å². The number of hydrogen-bond donors (Lipinski definition) is 1. The van der Waals surface area contributed by atoms with E-state index in [0.717, 1.165) is 4.47 Å². The van der Waals surface area contributed by atoms with E-state index < -0.39 is 18.5 Å². The molecular formula is C21H18Br2O6. The van der Waals surface area contributed by atoms with Crippen molar-refractivity contribution in [3.05, 3.63) is 49.3 Å². The first-order chi connectivity index (χ1) is 13.9. The third kappa shape index (κ3) is 3.80. The van der Waals surface area contributed by atoms with Gasteiger partial charge in [0.15, 0.2) is 18.2 Å². The Balaban J connectivity index is 1.94. The first-order valence-corrected chi connectivity index (χ1v) is 11.0. The number of ether oxygens (including phenoxy) is 2. The van der Waals surface area contributed by atoms with Gasteiger partial charge in [0.2, 0.25) is 0 Å². The molecule has 29 heavy (non-hydrogen) atoms. The average Bonchev–Trinajstić information content (AvgIpc) is 2.65. The summed E-state index contributed by atoms with van der Waals surface area (Å²) in [6, 6.07) is 3.53. The van der Waals surface area contributed by atoms with Crippen LogP contribution in [0.2, 0.25) is 0 Å². The van der Waals surface area contributed by atoms with Crippen LogP contribution in [-0.4, -0.2) is 29.2 Å².